The molecular weight excluding hydrogens is 458 g/mol. The van der Waals surface area contributed by atoms with E-state index in [9.17, 15) is 9.59 Å². The number of rotatable bonds is 12. The van der Waals surface area contributed by atoms with Crippen molar-refractivity contribution in [3.05, 3.63) is 82.9 Å². The number of carbonyl (C=O) groups is 1. The fourth-order valence-electron chi connectivity index (χ4n) is 5.05. The lowest BCUT2D eigenvalue weighted by Crippen LogP contribution is -2.38. The van der Waals surface area contributed by atoms with Crippen molar-refractivity contribution >= 4 is 27.6 Å². The minimum Gasteiger partial charge on any atom is -0.333 e. The van der Waals surface area contributed by atoms with E-state index in [1.807, 2.05) is 66.4 Å². The molecule has 1 amide bonds. The van der Waals surface area contributed by atoms with Crippen LogP contribution in [0.4, 0.5) is 0 Å². The molecule has 4 aromatic rings. The summed E-state index contributed by atoms with van der Waals surface area (Å²) in [4.78, 5) is 34.4. The predicted molar refractivity (Wildman–Crippen MR) is 153 cm³/mol. The second-order valence-corrected chi connectivity index (χ2v) is 9.94. The maximum atomic E-state index is 13.9. The third kappa shape index (κ3) is 6.10. The average Bonchev–Trinajstić information content (AvgIpc) is 2.92. The van der Waals surface area contributed by atoms with E-state index in [4.69, 9.17) is 4.98 Å². The SMILES string of the molecule is CCCCCCN(C(=O)CCCCC)C(C)c1nc2ccccc2c(=O)n1-c1ccc2ccccc2c1. The lowest BCUT2D eigenvalue weighted by atomic mass is 10.1. The topological polar surface area (TPSA) is 55.2 Å². The molecule has 3 aromatic carbocycles. The van der Waals surface area contributed by atoms with Crippen molar-refractivity contribution in [3.8, 4) is 5.69 Å². The number of nitrogens with zero attached hydrogens (tertiary/aromatic N) is 3. The van der Waals surface area contributed by atoms with Crippen molar-refractivity contribution in [2.24, 2.45) is 0 Å². The number of unbranched alkanes of at least 4 members (excludes halogenated alkanes) is 5. The van der Waals surface area contributed by atoms with Crippen molar-refractivity contribution in [3.63, 3.8) is 0 Å². The molecule has 0 fully saturated rings. The van der Waals surface area contributed by atoms with Crippen LogP contribution in [0.2, 0.25) is 0 Å². The van der Waals surface area contributed by atoms with Crippen molar-refractivity contribution in [1.82, 2.24) is 14.5 Å². The Morgan fingerprint density at radius 2 is 1.57 bits per heavy atom. The van der Waals surface area contributed by atoms with Crippen LogP contribution in [0, 0.1) is 0 Å². The highest BCUT2D eigenvalue weighted by Crippen LogP contribution is 2.26. The van der Waals surface area contributed by atoms with E-state index in [0.29, 0.717) is 29.7 Å². The summed E-state index contributed by atoms with van der Waals surface area (Å²) in [7, 11) is 0. The third-order valence-corrected chi connectivity index (χ3v) is 7.20. The molecule has 1 atom stereocenters. The van der Waals surface area contributed by atoms with Crippen LogP contribution < -0.4 is 5.56 Å². The van der Waals surface area contributed by atoms with Gasteiger partial charge in [0.25, 0.3) is 5.56 Å². The molecule has 0 radical (unpaired) electrons. The van der Waals surface area contributed by atoms with E-state index in [-0.39, 0.29) is 17.5 Å². The van der Waals surface area contributed by atoms with Crippen LogP contribution in [-0.4, -0.2) is 26.9 Å². The predicted octanol–water partition coefficient (Wildman–Crippen LogP) is 7.59. The summed E-state index contributed by atoms with van der Waals surface area (Å²) in [6.45, 7) is 7.03. The van der Waals surface area contributed by atoms with E-state index in [0.717, 1.165) is 61.4 Å². The lowest BCUT2D eigenvalue weighted by molar-refractivity contribution is -0.133. The molecule has 5 heteroatoms. The first-order valence-corrected chi connectivity index (χ1v) is 13.9. The Balaban J connectivity index is 1.82. The summed E-state index contributed by atoms with van der Waals surface area (Å²) in [6.07, 6.45) is 7.87. The van der Waals surface area contributed by atoms with Gasteiger partial charge in [-0.05, 0) is 54.8 Å². The number of hydrogen-bond acceptors (Lipinski definition) is 3. The molecule has 194 valence electrons. The van der Waals surface area contributed by atoms with Crippen LogP contribution in [0.15, 0.2) is 71.5 Å². The number of hydrogen-bond donors (Lipinski definition) is 0. The van der Waals surface area contributed by atoms with E-state index in [1.165, 1.54) is 0 Å². The van der Waals surface area contributed by atoms with Gasteiger partial charge >= 0.3 is 0 Å². The fraction of sp³-hybridized carbons (Fsp3) is 0.406. The molecule has 0 saturated carbocycles. The highest BCUT2D eigenvalue weighted by molar-refractivity contribution is 5.85. The lowest BCUT2D eigenvalue weighted by Gasteiger charge is -2.31. The zero-order valence-corrected chi connectivity index (χ0v) is 22.5. The zero-order valence-electron chi connectivity index (χ0n) is 22.5. The molecule has 0 saturated heterocycles. The van der Waals surface area contributed by atoms with Crippen molar-refractivity contribution in [1.29, 1.82) is 0 Å². The third-order valence-electron chi connectivity index (χ3n) is 7.20. The normalized spacial score (nSPS) is 12.2. The fourth-order valence-corrected chi connectivity index (χ4v) is 5.05. The van der Waals surface area contributed by atoms with Crippen LogP contribution >= 0.6 is 0 Å². The van der Waals surface area contributed by atoms with Crippen molar-refractivity contribution < 1.29 is 4.79 Å². The van der Waals surface area contributed by atoms with Gasteiger partial charge in [-0.3, -0.25) is 14.2 Å². The first-order chi connectivity index (χ1) is 18.0. The van der Waals surface area contributed by atoms with E-state index < -0.39 is 0 Å². The van der Waals surface area contributed by atoms with Gasteiger partial charge in [0, 0.05) is 13.0 Å². The molecule has 5 nitrogen and oxygen atoms in total. The first kappa shape index (κ1) is 26.6. The quantitative estimate of drug-likeness (QED) is 0.189. The second kappa shape index (κ2) is 12.7. The van der Waals surface area contributed by atoms with Crippen LogP contribution in [0.5, 0.6) is 0 Å². The Morgan fingerprint density at radius 3 is 2.35 bits per heavy atom. The maximum absolute atomic E-state index is 13.9. The molecule has 0 aliphatic carbocycles. The number of benzene rings is 3. The summed E-state index contributed by atoms with van der Waals surface area (Å²) in [6, 6.07) is 21.3. The van der Waals surface area contributed by atoms with Crippen LogP contribution in [0.1, 0.15) is 84.0 Å². The van der Waals surface area contributed by atoms with Gasteiger partial charge in [-0.15, -0.1) is 0 Å². The molecule has 0 aliphatic rings. The highest BCUT2D eigenvalue weighted by Gasteiger charge is 2.26. The molecule has 0 aliphatic heterocycles. The van der Waals surface area contributed by atoms with E-state index in [1.54, 1.807) is 4.57 Å². The summed E-state index contributed by atoms with van der Waals surface area (Å²) in [5.74, 6) is 0.753. The largest absolute Gasteiger partial charge is 0.333 e. The van der Waals surface area contributed by atoms with Gasteiger partial charge in [-0.1, -0.05) is 88.4 Å². The minimum absolute atomic E-state index is 0.105. The molecule has 0 N–H and O–H groups in total. The Bertz CT molecular complexity index is 1410. The van der Waals surface area contributed by atoms with Crippen LogP contribution in [0.25, 0.3) is 27.4 Å². The number of amides is 1. The molecule has 1 heterocycles. The Kier molecular flexibility index (Phi) is 9.10. The van der Waals surface area contributed by atoms with Gasteiger partial charge in [-0.2, -0.15) is 0 Å². The Morgan fingerprint density at radius 1 is 0.865 bits per heavy atom. The number of para-hydroxylation sites is 1. The van der Waals surface area contributed by atoms with E-state index in [2.05, 4.69) is 26.0 Å². The number of aromatic nitrogens is 2. The molecule has 37 heavy (non-hydrogen) atoms. The number of fused-ring (bicyclic) bond motifs is 2. The second-order valence-electron chi connectivity index (χ2n) is 9.94. The Labute approximate surface area is 220 Å². The summed E-state index contributed by atoms with van der Waals surface area (Å²) in [5.41, 5.74) is 1.33. The number of carbonyl (C=O) groups excluding carboxylic acids is 1. The molecule has 0 bridgehead atoms. The first-order valence-electron chi connectivity index (χ1n) is 13.9. The van der Waals surface area contributed by atoms with Gasteiger partial charge in [0.2, 0.25) is 5.91 Å². The highest BCUT2D eigenvalue weighted by atomic mass is 16.2. The molecular formula is C32H39N3O2. The van der Waals surface area contributed by atoms with Gasteiger partial charge in [0.1, 0.15) is 5.82 Å². The van der Waals surface area contributed by atoms with Gasteiger partial charge in [0.15, 0.2) is 0 Å². The maximum Gasteiger partial charge on any atom is 0.266 e. The molecule has 0 spiro atoms. The molecule has 1 unspecified atom stereocenters. The monoisotopic (exact) mass is 497 g/mol. The zero-order chi connectivity index (χ0) is 26.2. The van der Waals surface area contributed by atoms with Crippen LogP contribution in [-0.2, 0) is 4.79 Å². The molecule has 4 rings (SSSR count). The smallest absolute Gasteiger partial charge is 0.266 e. The minimum atomic E-state index is -0.334. The van der Waals surface area contributed by atoms with Gasteiger partial charge < -0.3 is 4.90 Å². The summed E-state index contributed by atoms with van der Waals surface area (Å²) in [5, 5.41) is 2.76. The van der Waals surface area contributed by atoms with Gasteiger partial charge in [-0.25, -0.2) is 4.98 Å². The van der Waals surface area contributed by atoms with E-state index >= 15 is 0 Å². The molecule has 1 aromatic heterocycles. The van der Waals surface area contributed by atoms with Gasteiger partial charge in [0.05, 0.1) is 22.6 Å². The average molecular weight is 498 g/mol. The van der Waals surface area contributed by atoms with Crippen molar-refractivity contribution in [2.45, 2.75) is 78.2 Å². The summed E-state index contributed by atoms with van der Waals surface area (Å²) < 4.78 is 1.72. The van der Waals surface area contributed by atoms with Crippen molar-refractivity contribution in [2.75, 3.05) is 6.54 Å². The standard InChI is InChI=1S/C32H39N3O2/c1-4-6-8-14-22-34(30(36)19-9-7-5-2)24(3)31-33-29-18-13-12-17-28(29)32(37)35(31)27-21-20-25-15-10-11-16-26(25)23-27/h10-13,15-18,20-21,23-24H,4-9,14,19,22H2,1-3H3. The Hall–Kier alpha value is -3.47. The van der Waals surface area contributed by atoms with Crippen LogP contribution in [0.3, 0.4) is 0 Å². The summed E-state index contributed by atoms with van der Waals surface area (Å²) >= 11 is 0.